The molecule has 2 aromatic rings. The van der Waals surface area contributed by atoms with Crippen LogP contribution in [0.4, 0.5) is 11.4 Å². The molecule has 138 valence electrons. The summed E-state index contributed by atoms with van der Waals surface area (Å²) >= 11 is 8.99. The predicted molar refractivity (Wildman–Crippen MR) is 114 cm³/mol. The zero-order valence-corrected chi connectivity index (χ0v) is 17.4. The molecule has 0 radical (unpaired) electrons. The lowest BCUT2D eigenvalue weighted by Crippen LogP contribution is -2.19. The number of aryl methyl sites for hydroxylation is 1. The molecule has 0 unspecified atom stereocenters. The molecule has 7 nitrogen and oxygen atoms in total. The highest BCUT2D eigenvalue weighted by atomic mass is 127. The quantitative estimate of drug-likeness (QED) is 0.265. The second kappa shape index (κ2) is 7.87. The topological polar surface area (TPSA) is 105 Å². The van der Waals surface area contributed by atoms with E-state index < -0.39 is 16.4 Å². The first-order valence-electron chi connectivity index (χ1n) is 7.47. The maximum Gasteiger partial charge on any atom is 0.312 e. The fourth-order valence-electron chi connectivity index (χ4n) is 2.23. The minimum absolute atomic E-state index is 0.320. The lowest BCUT2D eigenvalue weighted by atomic mass is 10.1. The van der Waals surface area contributed by atoms with E-state index in [0.29, 0.717) is 29.9 Å². The maximum absolute atomic E-state index is 12.2. The molecule has 1 amide bonds. The Morgan fingerprint density at radius 1 is 1.37 bits per heavy atom. The van der Waals surface area contributed by atoms with Crippen LogP contribution in [0.1, 0.15) is 11.1 Å². The summed E-state index contributed by atoms with van der Waals surface area (Å²) in [5, 5.41) is 24.4. The van der Waals surface area contributed by atoms with Crippen molar-refractivity contribution in [2.45, 2.75) is 6.92 Å². The fraction of sp³-hybridized carbons (Fsp3) is 0.0588. The second-order valence-corrected chi connectivity index (χ2v) is 8.14. The van der Waals surface area contributed by atoms with Gasteiger partial charge in [-0.1, -0.05) is 17.7 Å². The number of phenolic OH excluding ortho intramolecular Hbond substituents is 1. The molecular weight excluding hydrogens is 505 g/mol. The van der Waals surface area contributed by atoms with Gasteiger partial charge in [-0.05, 0) is 76.7 Å². The third kappa shape index (κ3) is 4.42. The number of rotatable bonds is 3. The van der Waals surface area contributed by atoms with Crippen molar-refractivity contribution in [1.82, 2.24) is 5.32 Å². The summed E-state index contributed by atoms with van der Waals surface area (Å²) in [4.78, 5) is 27.2. The van der Waals surface area contributed by atoms with Crippen LogP contribution in [0.15, 0.2) is 40.2 Å². The summed E-state index contributed by atoms with van der Waals surface area (Å²) in [7, 11) is 0. The van der Waals surface area contributed by atoms with Gasteiger partial charge in [-0.25, -0.2) is 4.99 Å². The average molecular weight is 516 g/mol. The number of aromatic hydroxyl groups is 1. The van der Waals surface area contributed by atoms with Crippen molar-refractivity contribution in [1.29, 1.82) is 0 Å². The predicted octanol–water partition coefficient (Wildman–Crippen LogP) is 4.76. The Balaban J connectivity index is 1.90. The Bertz CT molecular complexity index is 1040. The third-order valence-corrected chi connectivity index (χ3v) is 5.74. The number of hydrogen-bond acceptors (Lipinski definition) is 6. The molecule has 1 aliphatic rings. The average Bonchev–Trinajstić information content (AvgIpc) is 2.93. The standard InChI is InChI=1S/C17H11ClIN3O4S/c1-8-2-3-10(7-11(8)18)20-17-21-16(24)14(27-17)6-9-4-12(19)15(23)13(5-9)22(25)26/h2-7,23H,1H3,(H,20,21,24)/b14-6-. The van der Waals surface area contributed by atoms with Gasteiger partial charge in [0.15, 0.2) is 5.17 Å². The van der Waals surface area contributed by atoms with Gasteiger partial charge >= 0.3 is 5.69 Å². The summed E-state index contributed by atoms with van der Waals surface area (Å²) in [6.45, 7) is 1.88. The molecule has 27 heavy (non-hydrogen) atoms. The second-order valence-electron chi connectivity index (χ2n) is 5.54. The molecule has 1 saturated heterocycles. The minimum atomic E-state index is -0.671. The van der Waals surface area contributed by atoms with Gasteiger partial charge in [0.2, 0.25) is 5.75 Å². The van der Waals surface area contributed by atoms with Crippen molar-refractivity contribution in [2.24, 2.45) is 4.99 Å². The molecule has 0 atom stereocenters. The zero-order valence-electron chi connectivity index (χ0n) is 13.7. The summed E-state index contributed by atoms with van der Waals surface area (Å²) in [5.41, 5.74) is 1.54. The Kier molecular flexibility index (Phi) is 5.72. The highest BCUT2D eigenvalue weighted by molar-refractivity contribution is 14.1. The summed E-state index contributed by atoms with van der Waals surface area (Å²) in [6, 6.07) is 8.08. The largest absolute Gasteiger partial charge is 0.501 e. The molecule has 0 aromatic heterocycles. The fourth-order valence-corrected chi connectivity index (χ4v) is 3.88. The van der Waals surface area contributed by atoms with Crippen LogP contribution in [0.2, 0.25) is 5.02 Å². The van der Waals surface area contributed by atoms with Gasteiger partial charge in [0.05, 0.1) is 19.1 Å². The molecule has 0 bridgehead atoms. The number of amidine groups is 1. The highest BCUT2D eigenvalue weighted by Crippen LogP contribution is 2.35. The number of carbonyl (C=O) groups excluding carboxylic acids is 1. The first-order chi connectivity index (χ1) is 12.7. The van der Waals surface area contributed by atoms with Gasteiger partial charge < -0.3 is 10.4 Å². The Hall–Kier alpha value is -2.11. The van der Waals surface area contributed by atoms with E-state index in [-0.39, 0.29) is 5.91 Å². The molecule has 3 rings (SSSR count). The Morgan fingerprint density at radius 3 is 2.78 bits per heavy atom. The van der Waals surface area contributed by atoms with Gasteiger partial charge in [0.25, 0.3) is 5.91 Å². The number of halogens is 2. The van der Waals surface area contributed by atoms with Gasteiger partial charge in [-0.3, -0.25) is 14.9 Å². The van der Waals surface area contributed by atoms with Crippen LogP contribution >= 0.6 is 46.0 Å². The van der Waals surface area contributed by atoms with Gasteiger partial charge in [0.1, 0.15) is 0 Å². The van der Waals surface area contributed by atoms with Crippen LogP contribution in [0.5, 0.6) is 5.75 Å². The van der Waals surface area contributed by atoms with E-state index in [9.17, 15) is 20.0 Å². The zero-order chi connectivity index (χ0) is 19.7. The third-order valence-electron chi connectivity index (χ3n) is 3.60. The maximum atomic E-state index is 12.2. The minimum Gasteiger partial charge on any atom is -0.501 e. The Morgan fingerprint density at radius 2 is 2.11 bits per heavy atom. The summed E-state index contributed by atoms with van der Waals surface area (Å²) < 4.78 is 0.320. The SMILES string of the molecule is Cc1ccc(N=C2NC(=O)/C(=C/c3cc(I)c(O)c([N+](=O)[O-])c3)S2)cc1Cl. The van der Waals surface area contributed by atoms with Crippen LogP contribution in [0.25, 0.3) is 6.08 Å². The molecule has 1 heterocycles. The van der Waals surface area contributed by atoms with Gasteiger partial charge in [-0.2, -0.15) is 0 Å². The number of benzene rings is 2. The number of carbonyl (C=O) groups is 1. The van der Waals surface area contributed by atoms with Crippen molar-refractivity contribution in [3.63, 3.8) is 0 Å². The number of nitrogens with zero attached hydrogens (tertiary/aromatic N) is 2. The van der Waals surface area contributed by atoms with Gasteiger partial charge in [-0.15, -0.1) is 0 Å². The van der Waals surface area contributed by atoms with Crippen molar-refractivity contribution in [2.75, 3.05) is 0 Å². The molecule has 0 aliphatic carbocycles. The van der Waals surface area contributed by atoms with E-state index in [4.69, 9.17) is 11.6 Å². The van der Waals surface area contributed by atoms with Crippen molar-refractivity contribution in [3.05, 3.63) is 65.1 Å². The van der Waals surface area contributed by atoms with Crippen LogP contribution in [0.3, 0.4) is 0 Å². The van der Waals surface area contributed by atoms with E-state index in [1.165, 1.54) is 12.1 Å². The Labute approximate surface area is 176 Å². The van der Waals surface area contributed by atoms with E-state index in [0.717, 1.165) is 17.3 Å². The molecule has 1 aliphatic heterocycles. The molecule has 2 aromatic carbocycles. The number of nitro benzene ring substituents is 1. The van der Waals surface area contributed by atoms with E-state index in [2.05, 4.69) is 10.3 Å². The van der Waals surface area contributed by atoms with Crippen LogP contribution in [0, 0.1) is 20.6 Å². The number of thioether (sulfide) groups is 1. The number of nitro groups is 1. The van der Waals surface area contributed by atoms with Crippen LogP contribution < -0.4 is 5.32 Å². The lowest BCUT2D eigenvalue weighted by Gasteiger charge is -2.01. The number of aliphatic imine (C=N–C) groups is 1. The van der Waals surface area contributed by atoms with Crippen molar-refractivity contribution in [3.8, 4) is 5.75 Å². The lowest BCUT2D eigenvalue weighted by molar-refractivity contribution is -0.386. The number of nitrogens with one attached hydrogen (secondary N) is 1. The number of phenols is 1. The normalized spacial score (nSPS) is 16.8. The van der Waals surface area contributed by atoms with E-state index in [1.807, 2.05) is 13.0 Å². The number of amides is 1. The van der Waals surface area contributed by atoms with Gasteiger partial charge in [0, 0.05) is 11.1 Å². The molecule has 0 spiro atoms. The summed E-state index contributed by atoms with van der Waals surface area (Å²) in [6.07, 6.45) is 1.51. The molecular formula is C17H11ClIN3O4S. The smallest absolute Gasteiger partial charge is 0.312 e. The first kappa shape index (κ1) is 19.6. The first-order valence-corrected chi connectivity index (χ1v) is 9.74. The van der Waals surface area contributed by atoms with Crippen molar-refractivity contribution >= 4 is 74.5 Å². The monoisotopic (exact) mass is 515 g/mol. The number of hydrogen-bond donors (Lipinski definition) is 2. The van der Waals surface area contributed by atoms with Crippen LogP contribution in [-0.2, 0) is 4.79 Å². The van der Waals surface area contributed by atoms with E-state index in [1.54, 1.807) is 40.8 Å². The molecule has 1 fully saturated rings. The molecule has 2 N–H and O–H groups in total. The van der Waals surface area contributed by atoms with E-state index >= 15 is 0 Å². The van der Waals surface area contributed by atoms with Crippen LogP contribution in [-0.4, -0.2) is 21.1 Å². The molecule has 0 saturated carbocycles. The summed E-state index contributed by atoms with van der Waals surface area (Å²) in [5.74, 6) is -0.757. The van der Waals surface area contributed by atoms with Crippen molar-refractivity contribution < 1.29 is 14.8 Å². The molecule has 10 heteroatoms. The highest BCUT2D eigenvalue weighted by Gasteiger charge is 2.25.